The maximum Gasteiger partial charge on any atom is 0.408 e. The van der Waals surface area contributed by atoms with Crippen LogP contribution in [0, 0.1) is 0 Å². The largest absolute Gasteiger partial charge is 0.497 e. The molecule has 8 heteroatoms. The van der Waals surface area contributed by atoms with Crippen molar-refractivity contribution in [1.82, 2.24) is 5.32 Å². The number of ether oxygens (including phenoxy) is 3. The van der Waals surface area contributed by atoms with E-state index in [-0.39, 0.29) is 12.2 Å². The Hall–Kier alpha value is -2.38. The Bertz CT molecular complexity index is 596. The zero-order valence-electron chi connectivity index (χ0n) is 14.9. The molecule has 0 aliphatic carbocycles. The van der Waals surface area contributed by atoms with Crippen molar-refractivity contribution in [2.45, 2.75) is 45.3 Å². The van der Waals surface area contributed by atoms with Gasteiger partial charge in [-0.25, -0.2) is 9.59 Å². The van der Waals surface area contributed by atoms with Crippen LogP contribution in [0.15, 0.2) is 24.3 Å². The Kier molecular flexibility index (Phi) is 6.72. The van der Waals surface area contributed by atoms with E-state index in [2.05, 4.69) is 10.1 Å². The topological polar surface area (TPSA) is 73.9 Å². The summed E-state index contributed by atoms with van der Waals surface area (Å²) < 4.78 is 43.5. The van der Waals surface area contributed by atoms with E-state index >= 15 is 0 Å². The Labute approximate surface area is 145 Å². The normalized spacial score (nSPS) is 12.9. The summed E-state index contributed by atoms with van der Waals surface area (Å²) in [6.07, 6.45) is -1.07. The summed E-state index contributed by atoms with van der Waals surface area (Å²) in [5.74, 6) is -5.27. The second-order valence-corrected chi connectivity index (χ2v) is 6.20. The second kappa shape index (κ2) is 8.13. The molecule has 0 bridgehead atoms. The summed E-state index contributed by atoms with van der Waals surface area (Å²) in [5.41, 5.74) is -0.877. The molecule has 0 saturated heterocycles. The van der Waals surface area contributed by atoms with Crippen LogP contribution in [-0.4, -0.2) is 37.3 Å². The standard InChI is InChI=1S/C17H23F2NO5/c1-6-24-14(21)17(18,19)13(20-15(22)25-16(2,3)4)11-7-9-12(23-5)10-8-11/h7-10,13H,6H2,1-5H3,(H,20,22). The van der Waals surface area contributed by atoms with Crippen LogP contribution < -0.4 is 10.1 Å². The molecule has 1 aromatic carbocycles. The number of hydrogen-bond acceptors (Lipinski definition) is 5. The number of alkyl carbamates (subject to hydrolysis) is 1. The average Bonchev–Trinajstić information content (AvgIpc) is 2.51. The van der Waals surface area contributed by atoms with Gasteiger partial charge in [-0.1, -0.05) is 12.1 Å². The van der Waals surface area contributed by atoms with Crippen LogP contribution in [0.1, 0.15) is 39.3 Å². The third-order valence-electron chi connectivity index (χ3n) is 3.02. The Balaban J connectivity index is 3.16. The summed E-state index contributed by atoms with van der Waals surface area (Å²) in [6.45, 7) is 5.99. The van der Waals surface area contributed by atoms with Crippen molar-refractivity contribution in [2.75, 3.05) is 13.7 Å². The Morgan fingerprint density at radius 3 is 2.16 bits per heavy atom. The molecule has 0 aromatic heterocycles. The molecule has 0 aliphatic rings. The fourth-order valence-electron chi connectivity index (χ4n) is 1.95. The molecule has 1 N–H and O–H groups in total. The maximum absolute atomic E-state index is 14.6. The summed E-state index contributed by atoms with van der Waals surface area (Å²) in [6, 6.07) is 3.59. The Morgan fingerprint density at radius 1 is 1.16 bits per heavy atom. The van der Waals surface area contributed by atoms with E-state index in [0.29, 0.717) is 5.75 Å². The van der Waals surface area contributed by atoms with Crippen LogP contribution >= 0.6 is 0 Å². The van der Waals surface area contributed by atoms with Crippen molar-refractivity contribution in [3.8, 4) is 5.75 Å². The number of nitrogens with one attached hydrogen (secondary N) is 1. The van der Waals surface area contributed by atoms with E-state index in [4.69, 9.17) is 9.47 Å². The number of hydrogen-bond donors (Lipinski definition) is 1. The molecule has 6 nitrogen and oxygen atoms in total. The molecular formula is C17H23F2NO5. The highest BCUT2D eigenvalue weighted by Gasteiger charge is 2.51. The van der Waals surface area contributed by atoms with E-state index in [1.54, 1.807) is 20.8 Å². The van der Waals surface area contributed by atoms with Gasteiger partial charge in [-0.3, -0.25) is 0 Å². The lowest BCUT2D eigenvalue weighted by atomic mass is 10.0. The highest BCUT2D eigenvalue weighted by atomic mass is 19.3. The highest BCUT2D eigenvalue weighted by Crippen LogP contribution is 2.34. The van der Waals surface area contributed by atoms with E-state index in [1.165, 1.54) is 38.3 Å². The first-order valence-electron chi connectivity index (χ1n) is 7.69. The van der Waals surface area contributed by atoms with E-state index in [1.807, 2.05) is 0 Å². The number of benzene rings is 1. The fraction of sp³-hybridized carbons (Fsp3) is 0.529. The van der Waals surface area contributed by atoms with Gasteiger partial charge in [0.05, 0.1) is 13.7 Å². The van der Waals surface area contributed by atoms with Crippen molar-refractivity contribution >= 4 is 12.1 Å². The van der Waals surface area contributed by atoms with Crippen LogP contribution in [0.5, 0.6) is 5.75 Å². The maximum atomic E-state index is 14.6. The van der Waals surface area contributed by atoms with E-state index in [9.17, 15) is 18.4 Å². The number of carbonyl (C=O) groups is 2. The van der Waals surface area contributed by atoms with Gasteiger partial charge in [-0.15, -0.1) is 0 Å². The molecule has 140 valence electrons. The third-order valence-corrected chi connectivity index (χ3v) is 3.02. The molecule has 0 saturated carbocycles. The van der Waals surface area contributed by atoms with Gasteiger partial charge in [0, 0.05) is 0 Å². The predicted molar refractivity (Wildman–Crippen MR) is 86.7 cm³/mol. The van der Waals surface area contributed by atoms with E-state index in [0.717, 1.165) is 0 Å². The molecule has 25 heavy (non-hydrogen) atoms. The molecule has 0 aliphatic heterocycles. The lowest BCUT2D eigenvalue weighted by Crippen LogP contribution is -2.47. The lowest BCUT2D eigenvalue weighted by molar-refractivity contribution is -0.176. The summed E-state index contributed by atoms with van der Waals surface area (Å²) in [7, 11) is 1.43. The minimum atomic E-state index is -3.98. The number of amides is 1. The summed E-state index contributed by atoms with van der Waals surface area (Å²) in [4.78, 5) is 23.6. The van der Waals surface area contributed by atoms with Crippen LogP contribution in [0.3, 0.4) is 0 Å². The molecular weight excluding hydrogens is 336 g/mol. The second-order valence-electron chi connectivity index (χ2n) is 6.20. The van der Waals surface area contributed by atoms with Crippen molar-refractivity contribution in [2.24, 2.45) is 0 Å². The molecule has 0 fully saturated rings. The van der Waals surface area contributed by atoms with Crippen LogP contribution in [0.2, 0.25) is 0 Å². The smallest absolute Gasteiger partial charge is 0.408 e. The highest BCUT2D eigenvalue weighted by molar-refractivity contribution is 5.80. The molecule has 0 spiro atoms. The molecule has 0 heterocycles. The SMILES string of the molecule is CCOC(=O)C(F)(F)C(NC(=O)OC(C)(C)C)c1ccc(OC)cc1. The van der Waals surface area contributed by atoms with Crippen LogP contribution in [0.4, 0.5) is 13.6 Å². The number of rotatable bonds is 6. The van der Waals surface area contributed by atoms with E-state index < -0.39 is 29.6 Å². The van der Waals surface area contributed by atoms with Gasteiger partial charge in [-0.05, 0) is 45.4 Å². The predicted octanol–water partition coefficient (Wildman–Crippen LogP) is 3.46. The first-order chi connectivity index (χ1) is 11.5. The van der Waals surface area contributed by atoms with Gasteiger partial charge in [0.1, 0.15) is 17.4 Å². The number of carbonyl (C=O) groups excluding carboxylic acids is 2. The third kappa shape index (κ3) is 5.88. The van der Waals surface area contributed by atoms with Gasteiger partial charge in [0.15, 0.2) is 0 Å². The molecule has 1 atom stereocenters. The zero-order chi connectivity index (χ0) is 19.3. The van der Waals surface area contributed by atoms with Crippen molar-refractivity contribution in [3.63, 3.8) is 0 Å². The summed E-state index contributed by atoms with van der Waals surface area (Å²) >= 11 is 0. The Morgan fingerprint density at radius 2 is 1.72 bits per heavy atom. The quantitative estimate of drug-likeness (QED) is 0.788. The zero-order valence-corrected chi connectivity index (χ0v) is 14.9. The average molecular weight is 359 g/mol. The van der Waals surface area contributed by atoms with Crippen molar-refractivity contribution in [3.05, 3.63) is 29.8 Å². The monoisotopic (exact) mass is 359 g/mol. The van der Waals surface area contributed by atoms with Gasteiger partial charge in [0.25, 0.3) is 0 Å². The van der Waals surface area contributed by atoms with Crippen LogP contribution in [-0.2, 0) is 14.3 Å². The molecule has 1 rings (SSSR count). The minimum absolute atomic E-state index is 0.00436. The molecule has 1 aromatic rings. The van der Waals surface area contributed by atoms with Crippen molar-refractivity contribution in [1.29, 1.82) is 0 Å². The minimum Gasteiger partial charge on any atom is -0.497 e. The number of esters is 1. The first kappa shape index (κ1) is 20.7. The van der Waals surface area contributed by atoms with Gasteiger partial charge >= 0.3 is 18.0 Å². The van der Waals surface area contributed by atoms with Gasteiger partial charge < -0.3 is 19.5 Å². The summed E-state index contributed by atoms with van der Waals surface area (Å²) in [5, 5.41) is 2.05. The van der Waals surface area contributed by atoms with Gasteiger partial charge in [-0.2, -0.15) is 8.78 Å². The van der Waals surface area contributed by atoms with Crippen molar-refractivity contribution < 1.29 is 32.6 Å². The number of halogens is 2. The number of methoxy groups -OCH3 is 1. The fourth-order valence-corrected chi connectivity index (χ4v) is 1.95. The van der Waals surface area contributed by atoms with Gasteiger partial charge in [0.2, 0.25) is 0 Å². The van der Waals surface area contributed by atoms with Crippen LogP contribution in [0.25, 0.3) is 0 Å². The molecule has 1 amide bonds. The number of alkyl halides is 2. The molecule has 0 radical (unpaired) electrons. The molecule has 1 unspecified atom stereocenters. The first-order valence-corrected chi connectivity index (χ1v) is 7.69. The lowest BCUT2D eigenvalue weighted by Gasteiger charge is -2.28.